The Balaban J connectivity index is 1.79. The van der Waals surface area contributed by atoms with Crippen molar-refractivity contribution in [3.63, 3.8) is 0 Å². The summed E-state index contributed by atoms with van der Waals surface area (Å²) in [4.78, 5) is 4.55. The third-order valence-corrected chi connectivity index (χ3v) is 3.54. The van der Waals surface area contributed by atoms with Gasteiger partial charge in [0.1, 0.15) is 5.82 Å². The molecule has 21 heavy (non-hydrogen) atoms. The summed E-state index contributed by atoms with van der Waals surface area (Å²) >= 11 is 0. The summed E-state index contributed by atoms with van der Waals surface area (Å²) in [6.45, 7) is 7.08. The highest BCUT2D eigenvalue weighted by molar-refractivity contribution is 5.49. The van der Waals surface area contributed by atoms with Gasteiger partial charge in [0, 0.05) is 30.6 Å². The maximum atomic E-state index is 4.55. The number of nitrogens with zero attached hydrogens (tertiary/aromatic N) is 5. The second-order valence-corrected chi connectivity index (χ2v) is 5.32. The molecule has 0 aromatic carbocycles. The van der Waals surface area contributed by atoms with Crippen molar-refractivity contribution in [2.45, 2.75) is 33.2 Å². The van der Waals surface area contributed by atoms with Crippen LogP contribution in [0.25, 0.3) is 5.65 Å². The highest BCUT2D eigenvalue weighted by atomic mass is 15.3. The predicted molar refractivity (Wildman–Crippen MR) is 82.5 cm³/mol. The molecule has 0 aliphatic rings. The first-order chi connectivity index (χ1) is 10.2. The summed E-state index contributed by atoms with van der Waals surface area (Å²) in [5, 5.41) is 12.1. The van der Waals surface area contributed by atoms with Gasteiger partial charge in [0.2, 0.25) is 0 Å². The fourth-order valence-corrected chi connectivity index (χ4v) is 2.29. The molecular formula is C15H20N6. The minimum Gasteiger partial charge on any atom is -0.368 e. The van der Waals surface area contributed by atoms with Crippen molar-refractivity contribution < 1.29 is 0 Å². The van der Waals surface area contributed by atoms with Crippen molar-refractivity contribution in [1.29, 1.82) is 0 Å². The highest BCUT2D eigenvalue weighted by Crippen LogP contribution is 2.14. The molecule has 110 valence electrons. The average molecular weight is 284 g/mol. The summed E-state index contributed by atoms with van der Waals surface area (Å²) in [7, 11) is 0. The van der Waals surface area contributed by atoms with Crippen molar-refractivity contribution in [1.82, 2.24) is 24.4 Å². The summed E-state index contributed by atoms with van der Waals surface area (Å²) in [5.41, 5.74) is 3.11. The van der Waals surface area contributed by atoms with E-state index in [0.717, 1.165) is 30.1 Å². The molecule has 0 saturated carbocycles. The molecule has 3 rings (SSSR count). The van der Waals surface area contributed by atoms with Crippen LogP contribution < -0.4 is 5.32 Å². The van der Waals surface area contributed by atoms with Gasteiger partial charge in [-0.2, -0.15) is 14.7 Å². The fourth-order valence-electron chi connectivity index (χ4n) is 2.29. The lowest BCUT2D eigenvalue weighted by atomic mass is 10.3. The van der Waals surface area contributed by atoms with Gasteiger partial charge in [0.25, 0.3) is 0 Å². The van der Waals surface area contributed by atoms with Crippen LogP contribution in [0.5, 0.6) is 0 Å². The summed E-state index contributed by atoms with van der Waals surface area (Å²) < 4.78 is 3.81. The lowest BCUT2D eigenvalue weighted by Gasteiger charge is -2.15. The Hall–Kier alpha value is -2.37. The molecule has 6 heteroatoms. The van der Waals surface area contributed by atoms with Gasteiger partial charge < -0.3 is 5.32 Å². The molecule has 0 aliphatic heterocycles. The Morgan fingerprint density at radius 3 is 2.90 bits per heavy atom. The van der Waals surface area contributed by atoms with Crippen LogP contribution in [-0.2, 0) is 6.42 Å². The maximum absolute atomic E-state index is 4.55. The topological polar surface area (TPSA) is 60.0 Å². The molecular weight excluding hydrogens is 264 g/mol. The number of rotatable bonds is 5. The van der Waals surface area contributed by atoms with E-state index in [9.17, 15) is 0 Å². The Morgan fingerprint density at radius 2 is 2.19 bits per heavy atom. The van der Waals surface area contributed by atoms with E-state index >= 15 is 0 Å². The van der Waals surface area contributed by atoms with Gasteiger partial charge in [-0.15, -0.1) is 0 Å². The zero-order chi connectivity index (χ0) is 14.8. The number of hydrogen-bond acceptors (Lipinski definition) is 4. The Labute approximate surface area is 123 Å². The standard InChI is InChI=1S/C15H20N6/c1-4-13-7-15(21-14(19-13)5-6-17-21)16-9-12(3)20-10-11(2)8-18-20/h5-8,10,12,16H,4,9H2,1-3H3/t12-/m1/s1. The van der Waals surface area contributed by atoms with E-state index in [1.807, 2.05) is 28.4 Å². The van der Waals surface area contributed by atoms with Gasteiger partial charge in [-0.05, 0) is 25.8 Å². The van der Waals surface area contributed by atoms with Crippen LogP contribution in [-0.4, -0.2) is 30.9 Å². The van der Waals surface area contributed by atoms with Crippen molar-refractivity contribution in [3.05, 3.63) is 42.0 Å². The van der Waals surface area contributed by atoms with Crippen molar-refractivity contribution in [2.75, 3.05) is 11.9 Å². The smallest absolute Gasteiger partial charge is 0.157 e. The van der Waals surface area contributed by atoms with Gasteiger partial charge in [-0.1, -0.05) is 6.92 Å². The Kier molecular flexibility index (Phi) is 3.60. The maximum Gasteiger partial charge on any atom is 0.157 e. The predicted octanol–water partition coefficient (Wildman–Crippen LogP) is 2.47. The van der Waals surface area contributed by atoms with Crippen molar-refractivity contribution in [3.8, 4) is 0 Å². The minimum absolute atomic E-state index is 0.266. The monoisotopic (exact) mass is 284 g/mol. The van der Waals surface area contributed by atoms with Crippen LogP contribution in [0.1, 0.15) is 31.1 Å². The van der Waals surface area contributed by atoms with Gasteiger partial charge in [-0.25, -0.2) is 4.98 Å². The number of hydrogen-bond donors (Lipinski definition) is 1. The molecule has 6 nitrogen and oxygen atoms in total. The first-order valence-corrected chi connectivity index (χ1v) is 7.25. The van der Waals surface area contributed by atoms with Crippen LogP contribution in [0.2, 0.25) is 0 Å². The number of aryl methyl sites for hydroxylation is 2. The number of fused-ring (bicyclic) bond motifs is 1. The number of nitrogens with one attached hydrogen (secondary N) is 1. The molecule has 0 fully saturated rings. The normalized spacial score (nSPS) is 12.7. The molecule has 0 bridgehead atoms. The largest absolute Gasteiger partial charge is 0.368 e. The molecule has 3 heterocycles. The van der Waals surface area contributed by atoms with Crippen molar-refractivity contribution in [2.24, 2.45) is 0 Å². The Bertz CT molecular complexity index is 742. The van der Waals surface area contributed by atoms with E-state index in [-0.39, 0.29) is 6.04 Å². The molecule has 0 radical (unpaired) electrons. The molecule has 0 saturated heterocycles. The van der Waals surface area contributed by atoms with E-state index in [1.54, 1.807) is 6.20 Å². The SMILES string of the molecule is CCc1cc(NC[C@@H](C)n2cc(C)cn2)n2nccc2n1. The second-order valence-electron chi connectivity index (χ2n) is 5.32. The lowest BCUT2D eigenvalue weighted by Crippen LogP contribution is -2.18. The molecule has 0 aliphatic carbocycles. The van der Waals surface area contributed by atoms with Gasteiger partial charge in [0.05, 0.1) is 18.4 Å². The quantitative estimate of drug-likeness (QED) is 0.782. The third-order valence-electron chi connectivity index (χ3n) is 3.54. The van der Waals surface area contributed by atoms with Crippen LogP contribution >= 0.6 is 0 Å². The minimum atomic E-state index is 0.266. The molecule has 1 atom stereocenters. The van der Waals surface area contributed by atoms with Crippen LogP contribution in [0.4, 0.5) is 5.82 Å². The van der Waals surface area contributed by atoms with E-state index in [2.05, 4.69) is 46.6 Å². The summed E-state index contributed by atoms with van der Waals surface area (Å²) in [5.74, 6) is 0.970. The molecule has 0 unspecified atom stereocenters. The van der Waals surface area contributed by atoms with E-state index in [0.29, 0.717) is 0 Å². The molecule has 3 aromatic rings. The van der Waals surface area contributed by atoms with Gasteiger partial charge in [-0.3, -0.25) is 4.68 Å². The molecule has 1 N–H and O–H groups in total. The third kappa shape index (κ3) is 2.74. The first kappa shape index (κ1) is 13.6. The summed E-state index contributed by atoms with van der Waals surface area (Å²) in [6.07, 6.45) is 6.61. The van der Waals surface area contributed by atoms with E-state index < -0.39 is 0 Å². The van der Waals surface area contributed by atoms with Crippen molar-refractivity contribution >= 4 is 11.5 Å². The van der Waals surface area contributed by atoms with Crippen LogP contribution in [0.15, 0.2) is 30.7 Å². The number of anilines is 1. The zero-order valence-electron chi connectivity index (χ0n) is 12.6. The number of aromatic nitrogens is 5. The van der Waals surface area contributed by atoms with E-state index in [1.165, 1.54) is 5.56 Å². The molecule has 3 aromatic heterocycles. The Morgan fingerprint density at radius 1 is 1.33 bits per heavy atom. The molecule has 0 spiro atoms. The highest BCUT2D eigenvalue weighted by Gasteiger charge is 2.09. The lowest BCUT2D eigenvalue weighted by molar-refractivity contribution is 0.511. The first-order valence-electron chi connectivity index (χ1n) is 7.25. The van der Waals surface area contributed by atoms with Gasteiger partial charge in [0.15, 0.2) is 5.65 Å². The zero-order valence-corrected chi connectivity index (χ0v) is 12.6. The van der Waals surface area contributed by atoms with Crippen LogP contribution in [0, 0.1) is 6.92 Å². The van der Waals surface area contributed by atoms with E-state index in [4.69, 9.17) is 0 Å². The molecule has 0 amide bonds. The van der Waals surface area contributed by atoms with Crippen LogP contribution in [0.3, 0.4) is 0 Å². The average Bonchev–Trinajstić information content (AvgIpc) is 3.12. The second kappa shape index (κ2) is 5.55. The fraction of sp³-hybridized carbons (Fsp3) is 0.400. The summed E-state index contributed by atoms with van der Waals surface area (Å²) in [6, 6.07) is 4.24. The van der Waals surface area contributed by atoms with Gasteiger partial charge >= 0.3 is 0 Å².